The number of allylic oxidation sites excluding steroid dienone is 32. The van der Waals surface area contributed by atoms with Crippen LogP contribution in [-0.4, -0.2) is 37.2 Å². The van der Waals surface area contributed by atoms with Crippen molar-refractivity contribution >= 4 is 17.9 Å². The molecule has 1 unspecified atom stereocenters. The van der Waals surface area contributed by atoms with Gasteiger partial charge in [-0.3, -0.25) is 14.4 Å². The van der Waals surface area contributed by atoms with Gasteiger partial charge in [0, 0.05) is 19.3 Å². The molecular formula is C75H114O6. The van der Waals surface area contributed by atoms with Crippen LogP contribution in [0.2, 0.25) is 0 Å². The second kappa shape index (κ2) is 66.8. The van der Waals surface area contributed by atoms with E-state index in [1.54, 1.807) is 0 Å². The van der Waals surface area contributed by atoms with Crippen molar-refractivity contribution in [1.29, 1.82) is 0 Å². The fourth-order valence-electron chi connectivity index (χ4n) is 7.92. The predicted octanol–water partition coefficient (Wildman–Crippen LogP) is 22.2. The van der Waals surface area contributed by atoms with Gasteiger partial charge in [-0.2, -0.15) is 0 Å². The molecule has 0 aliphatic rings. The molecule has 0 aromatic heterocycles. The number of esters is 3. The van der Waals surface area contributed by atoms with Crippen LogP contribution in [0.15, 0.2) is 194 Å². The summed E-state index contributed by atoms with van der Waals surface area (Å²) in [5, 5.41) is 0. The van der Waals surface area contributed by atoms with Gasteiger partial charge in [-0.25, -0.2) is 0 Å². The number of carbonyl (C=O) groups excluding carboxylic acids is 3. The Labute approximate surface area is 497 Å². The molecule has 0 fully saturated rings. The summed E-state index contributed by atoms with van der Waals surface area (Å²) in [5.74, 6) is -1.02. The normalized spacial score (nSPS) is 13.5. The maximum atomic E-state index is 12.9. The first-order valence-corrected chi connectivity index (χ1v) is 31.9. The minimum Gasteiger partial charge on any atom is -0.462 e. The summed E-state index contributed by atoms with van der Waals surface area (Å²) in [6.45, 7) is 6.21. The van der Waals surface area contributed by atoms with E-state index in [9.17, 15) is 14.4 Å². The van der Waals surface area contributed by atoms with E-state index in [0.717, 1.165) is 180 Å². The fourth-order valence-corrected chi connectivity index (χ4v) is 7.92. The van der Waals surface area contributed by atoms with Gasteiger partial charge < -0.3 is 14.2 Å². The Kier molecular flexibility index (Phi) is 62.0. The number of hydrogen-bond donors (Lipinski definition) is 0. The van der Waals surface area contributed by atoms with Gasteiger partial charge in [-0.1, -0.05) is 260 Å². The van der Waals surface area contributed by atoms with Gasteiger partial charge in [0.05, 0.1) is 0 Å². The van der Waals surface area contributed by atoms with Crippen LogP contribution in [0.4, 0.5) is 0 Å². The van der Waals surface area contributed by atoms with Crippen LogP contribution in [0.25, 0.3) is 0 Å². The van der Waals surface area contributed by atoms with E-state index in [1.807, 2.05) is 0 Å². The van der Waals surface area contributed by atoms with E-state index in [1.165, 1.54) is 12.8 Å². The smallest absolute Gasteiger partial charge is 0.306 e. The van der Waals surface area contributed by atoms with E-state index in [0.29, 0.717) is 19.3 Å². The molecule has 0 radical (unpaired) electrons. The Morgan fingerprint density at radius 3 is 0.728 bits per heavy atom. The third-order valence-corrected chi connectivity index (χ3v) is 12.6. The van der Waals surface area contributed by atoms with Gasteiger partial charge in [-0.15, -0.1) is 0 Å². The lowest BCUT2D eigenvalue weighted by Gasteiger charge is -2.18. The first kappa shape index (κ1) is 75.2. The van der Waals surface area contributed by atoms with Gasteiger partial charge in [0.2, 0.25) is 0 Å². The largest absolute Gasteiger partial charge is 0.462 e. The standard InChI is InChI=1S/C75H114O6/c1-4-7-10-13-16-19-22-25-28-30-31-32-33-34-35-36-37-38-39-40-41-42-43-45-47-50-53-56-59-62-65-68-74(77)80-71-72(70-79-73(76)67-64-61-58-55-52-49-46-27-24-21-18-15-12-9-6-3)81-75(78)69-66-63-60-57-54-51-48-44-29-26-23-20-17-14-11-8-5-2/h7-12,16-21,25-29,31-32,34-35,37-38,40-41,43,45-46,48,51,57,60,72H,4-6,13-15,22-24,30,33,36,39,42,44,47,49-50,52-56,58-59,61-71H2,1-3H3/b10-7-,11-8-,12-9-,19-16-,20-17-,21-18-,28-25-,29-26-,32-31-,35-34-,38-37-,41-40-,45-43-,46-27-,51-48-,60-57-. The number of carbonyl (C=O) groups is 3. The van der Waals surface area contributed by atoms with Crippen molar-refractivity contribution in [3.05, 3.63) is 194 Å². The van der Waals surface area contributed by atoms with Crippen LogP contribution >= 0.6 is 0 Å². The molecule has 1 atom stereocenters. The predicted molar refractivity (Wildman–Crippen MR) is 352 cm³/mol. The first-order valence-electron chi connectivity index (χ1n) is 31.9. The fraction of sp³-hybridized carbons (Fsp3) is 0.533. The zero-order valence-corrected chi connectivity index (χ0v) is 51.5. The highest BCUT2D eigenvalue weighted by Gasteiger charge is 2.19. The monoisotopic (exact) mass is 1110 g/mol. The molecule has 0 aromatic rings. The average molecular weight is 1110 g/mol. The van der Waals surface area contributed by atoms with Crippen molar-refractivity contribution in [2.24, 2.45) is 0 Å². The second-order valence-corrected chi connectivity index (χ2v) is 20.2. The Bertz CT molecular complexity index is 1950. The highest BCUT2D eigenvalue weighted by Crippen LogP contribution is 2.13. The molecule has 0 aliphatic heterocycles. The summed E-state index contributed by atoms with van der Waals surface area (Å²) in [6.07, 6.45) is 102. The zero-order chi connectivity index (χ0) is 58.5. The van der Waals surface area contributed by atoms with Crippen molar-refractivity contribution in [3.8, 4) is 0 Å². The van der Waals surface area contributed by atoms with Gasteiger partial charge in [0.25, 0.3) is 0 Å². The van der Waals surface area contributed by atoms with Gasteiger partial charge >= 0.3 is 17.9 Å². The zero-order valence-electron chi connectivity index (χ0n) is 51.5. The molecule has 0 N–H and O–H groups in total. The van der Waals surface area contributed by atoms with E-state index in [-0.39, 0.29) is 37.5 Å². The summed E-state index contributed by atoms with van der Waals surface area (Å²) in [6, 6.07) is 0. The Morgan fingerprint density at radius 2 is 0.457 bits per heavy atom. The Balaban J connectivity index is 4.46. The van der Waals surface area contributed by atoms with Crippen LogP contribution in [0.3, 0.4) is 0 Å². The molecule has 81 heavy (non-hydrogen) atoms. The van der Waals surface area contributed by atoms with Crippen molar-refractivity contribution in [2.75, 3.05) is 13.2 Å². The maximum Gasteiger partial charge on any atom is 0.306 e. The van der Waals surface area contributed by atoms with Crippen molar-refractivity contribution in [2.45, 2.75) is 245 Å². The van der Waals surface area contributed by atoms with Crippen LogP contribution in [0.5, 0.6) is 0 Å². The SMILES string of the molecule is CC/C=C\C/C=C\C/C=C\C/C=C\C/C=C\C/C=C\C/C=C\C/C=C\CCCCCCCCC(=O)OCC(COC(=O)CCCCCCC/C=C\C/C=C\C/C=C\CC)OC(=O)CCC/C=C\C/C=C\C/C=C\C/C=C\C/C=C\CC. The van der Waals surface area contributed by atoms with Crippen molar-refractivity contribution in [1.82, 2.24) is 0 Å². The molecule has 0 aliphatic carbocycles. The third-order valence-electron chi connectivity index (χ3n) is 12.6. The van der Waals surface area contributed by atoms with Gasteiger partial charge in [0.1, 0.15) is 13.2 Å². The minimum atomic E-state index is -0.834. The van der Waals surface area contributed by atoms with E-state index in [4.69, 9.17) is 14.2 Å². The van der Waals surface area contributed by atoms with Crippen molar-refractivity contribution < 1.29 is 28.6 Å². The summed E-state index contributed by atoms with van der Waals surface area (Å²) < 4.78 is 16.8. The van der Waals surface area contributed by atoms with E-state index < -0.39 is 6.10 Å². The topological polar surface area (TPSA) is 78.9 Å². The van der Waals surface area contributed by atoms with Crippen LogP contribution < -0.4 is 0 Å². The molecule has 0 saturated carbocycles. The highest BCUT2D eigenvalue weighted by atomic mass is 16.6. The number of rotatable bonds is 55. The third kappa shape index (κ3) is 64.9. The molecule has 0 rings (SSSR count). The summed E-state index contributed by atoms with van der Waals surface area (Å²) in [4.78, 5) is 38.3. The maximum absolute atomic E-state index is 12.9. The molecule has 0 amide bonds. The Hall–Kier alpha value is -5.75. The van der Waals surface area contributed by atoms with Gasteiger partial charge in [0.15, 0.2) is 6.10 Å². The molecule has 0 aromatic carbocycles. The molecule has 0 bridgehead atoms. The Morgan fingerprint density at radius 1 is 0.247 bits per heavy atom. The summed E-state index contributed by atoms with van der Waals surface area (Å²) in [7, 11) is 0. The highest BCUT2D eigenvalue weighted by molar-refractivity contribution is 5.71. The quantitative estimate of drug-likeness (QED) is 0.0261. The van der Waals surface area contributed by atoms with Crippen LogP contribution in [0.1, 0.15) is 239 Å². The molecule has 0 heterocycles. The molecule has 6 heteroatoms. The lowest BCUT2D eigenvalue weighted by atomic mass is 10.1. The number of ether oxygens (including phenoxy) is 3. The van der Waals surface area contributed by atoms with Crippen LogP contribution in [-0.2, 0) is 28.6 Å². The second-order valence-electron chi connectivity index (χ2n) is 20.2. The molecule has 450 valence electrons. The summed E-state index contributed by atoms with van der Waals surface area (Å²) in [5.41, 5.74) is 0. The number of hydrogen-bond acceptors (Lipinski definition) is 6. The minimum absolute atomic E-state index is 0.124. The molecule has 6 nitrogen and oxygen atoms in total. The van der Waals surface area contributed by atoms with Crippen LogP contribution in [0, 0.1) is 0 Å². The number of unbranched alkanes of at least 4 members (excludes halogenated alkanes) is 12. The van der Waals surface area contributed by atoms with E-state index >= 15 is 0 Å². The molecular weight excluding hydrogens is 997 g/mol. The first-order chi connectivity index (χ1) is 40.0. The lowest BCUT2D eigenvalue weighted by Crippen LogP contribution is -2.30. The molecule has 0 saturated heterocycles. The lowest BCUT2D eigenvalue weighted by molar-refractivity contribution is -0.167. The van der Waals surface area contributed by atoms with E-state index in [2.05, 4.69) is 215 Å². The van der Waals surface area contributed by atoms with Gasteiger partial charge in [-0.05, 0) is 154 Å². The summed E-state index contributed by atoms with van der Waals surface area (Å²) >= 11 is 0. The average Bonchev–Trinajstić information content (AvgIpc) is 3.47. The molecule has 0 spiro atoms. The van der Waals surface area contributed by atoms with Crippen molar-refractivity contribution in [3.63, 3.8) is 0 Å².